The van der Waals surface area contributed by atoms with Gasteiger partial charge < -0.3 is 14.6 Å². The number of aromatic nitrogens is 1. The lowest BCUT2D eigenvalue weighted by atomic mass is 10.2. The second-order valence-electron chi connectivity index (χ2n) is 4.05. The quantitative estimate of drug-likeness (QED) is 0.798. The van der Waals surface area contributed by atoms with Gasteiger partial charge >= 0.3 is 0 Å². The first-order valence-electron chi connectivity index (χ1n) is 5.86. The van der Waals surface area contributed by atoms with E-state index in [1.54, 1.807) is 0 Å². The Morgan fingerprint density at radius 3 is 3.27 bits per heavy atom. The zero-order chi connectivity index (χ0) is 10.5. The molecule has 84 valence electrons. The van der Waals surface area contributed by atoms with Crippen LogP contribution in [-0.2, 0) is 17.8 Å². The first kappa shape index (κ1) is 10.7. The summed E-state index contributed by atoms with van der Waals surface area (Å²) in [6.07, 6.45) is 5.00. The van der Waals surface area contributed by atoms with Gasteiger partial charge in [0.1, 0.15) is 0 Å². The van der Waals surface area contributed by atoms with Crippen LogP contribution in [0, 0.1) is 0 Å². The third-order valence-corrected chi connectivity index (χ3v) is 2.97. The van der Waals surface area contributed by atoms with E-state index in [-0.39, 0.29) is 0 Å². The van der Waals surface area contributed by atoms with Gasteiger partial charge in [-0.25, -0.2) is 0 Å². The summed E-state index contributed by atoms with van der Waals surface area (Å²) in [5, 5.41) is 3.46. The highest BCUT2D eigenvalue weighted by molar-refractivity contribution is 5.06. The van der Waals surface area contributed by atoms with Gasteiger partial charge in [0.15, 0.2) is 0 Å². The summed E-state index contributed by atoms with van der Waals surface area (Å²) >= 11 is 0. The third kappa shape index (κ3) is 2.83. The average Bonchev–Trinajstić information content (AvgIpc) is 2.88. The first-order chi connectivity index (χ1) is 7.40. The van der Waals surface area contributed by atoms with Crippen molar-refractivity contribution in [3.8, 4) is 0 Å². The van der Waals surface area contributed by atoms with Crippen LogP contribution in [-0.4, -0.2) is 23.8 Å². The fourth-order valence-corrected chi connectivity index (χ4v) is 2.08. The standard InChI is InChI=1S/C12H20N2O/c1-2-14-7-3-5-11(14)9-13-10-12-6-4-8-15-12/h3,5,7,12-13H,2,4,6,8-10H2,1H3. The summed E-state index contributed by atoms with van der Waals surface area (Å²) in [6, 6.07) is 4.28. The van der Waals surface area contributed by atoms with Crippen LogP contribution in [0.1, 0.15) is 25.5 Å². The van der Waals surface area contributed by atoms with Gasteiger partial charge in [0.25, 0.3) is 0 Å². The minimum atomic E-state index is 0.440. The molecule has 1 aromatic heterocycles. The predicted octanol–water partition coefficient (Wildman–Crippen LogP) is 1.78. The number of ether oxygens (including phenoxy) is 1. The van der Waals surface area contributed by atoms with Crippen molar-refractivity contribution in [2.75, 3.05) is 13.2 Å². The number of aryl methyl sites for hydroxylation is 1. The number of hydrogen-bond donors (Lipinski definition) is 1. The number of nitrogens with one attached hydrogen (secondary N) is 1. The Morgan fingerprint density at radius 1 is 1.60 bits per heavy atom. The average molecular weight is 208 g/mol. The molecule has 1 fully saturated rings. The lowest BCUT2D eigenvalue weighted by Crippen LogP contribution is -2.26. The zero-order valence-corrected chi connectivity index (χ0v) is 9.41. The molecule has 1 N–H and O–H groups in total. The van der Waals surface area contributed by atoms with Crippen LogP contribution in [0.2, 0.25) is 0 Å². The highest BCUT2D eigenvalue weighted by Gasteiger charge is 2.14. The Morgan fingerprint density at radius 2 is 2.53 bits per heavy atom. The number of rotatable bonds is 5. The van der Waals surface area contributed by atoms with Gasteiger partial charge in [0.05, 0.1) is 6.10 Å². The molecule has 0 bridgehead atoms. The van der Waals surface area contributed by atoms with Crippen molar-refractivity contribution in [2.45, 2.75) is 39.0 Å². The Kier molecular flexibility index (Phi) is 3.80. The summed E-state index contributed by atoms with van der Waals surface area (Å²) in [7, 11) is 0. The summed E-state index contributed by atoms with van der Waals surface area (Å²) in [5.41, 5.74) is 1.36. The molecular weight excluding hydrogens is 188 g/mol. The Hall–Kier alpha value is -0.800. The van der Waals surface area contributed by atoms with E-state index in [1.165, 1.54) is 18.5 Å². The lowest BCUT2D eigenvalue weighted by molar-refractivity contribution is 0.110. The molecule has 0 saturated carbocycles. The molecule has 0 aliphatic carbocycles. The molecule has 3 nitrogen and oxygen atoms in total. The maximum atomic E-state index is 5.56. The van der Waals surface area contributed by atoms with E-state index in [0.717, 1.165) is 26.2 Å². The van der Waals surface area contributed by atoms with Crippen LogP contribution in [0.3, 0.4) is 0 Å². The van der Waals surface area contributed by atoms with E-state index in [4.69, 9.17) is 4.74 Å². The summed E-state index contributed by atoms with van der Waals surface area (Å²) in [4.78, 5) is 0. The monoisotopic (exact) mass is 208 g/mol. The van der Waals surface area contributed by atoms with Crippen LogP contribution < -0.4 is 5.32 Å². The fraction of sp³-hybridized carbons (Fsp3) is 0.667. The minimum Gasteiger partial charge on any atom is -0.377 e. The molecule has 1 unspecified atom stereocenters. The molecule has 2 rings (SSSR count). The van der Waals surface area contributed by atoms with Gasteiger partial charge in [-0.1, -0.05) is 0 Å². The van der Waals surface area contributed by atoms with Crippen LogP contribution in [0.25, 0.3) is 0 Å². The van der Waals surface area contributed by atoms with Gasteiger partial charge in [-0.3, -0.25) is 0 Å². The van der Waals surface area contributed by atoms with E-state index in [1.807, 2.05) is 0 Å². The van der Waals surface area contributed by atoms with Gasteiger partial charge in [-0.15, -0.1) is 0 Å². The fourth-order valence-electron chi connectivity index (χ4n) is 2.08. The third-order valence-electron chi connectivity index (χ3n) is 2.97. The van der Waals surface area contributed by atoms with E-state index in [0.29, 0.717) is 6.10 Å². The Labute approximate surface area is 91.4 Å². The summed E-state index contributed by atoms with van der Waals surface area (Å²) < 4.78 is 7.83. The maximum absolute atomic E-state index is 5.56. The first-order valence-corrected chi connectivity index (χ1v) is 5.86. The van der Waals surface area contributed by atoms with Crippen molar-refractivity contribution >= 4 is 0 Å². The molecule has 1 aliphatic rings. The lowest BCUT2D eigenvalue weighted by Gasteiger charge is -2.11. The van der Waals surface area contributed by atoms with Gasteiger partial charge in [0.2, 0.25) is 0 Å². The van der Waals surface area contributed by atoms with Gasteiger partial charge in [0, 0.05) is 38.1 Å². The summed E-state index contributed by atoms with van der Waals surface area (Å²) in [5.74, 6) is 0. The molecule has 0 aromatic carbocycles. The maximum Gasteiger partial charge on any atom is 0.0700 e. The SMILES string of the molecule is CCn1cccc1CNCC1CCCO1. The summed E-state index contributed by atoms with van der Waals surface area (Å²) in [6.45, 7) is 6.08. The molecular formula is C12H20N2O. The minimum absolute atomic E-state index is 0.440. The van der Waals surface area contributed by atoms with Crippen LogP contribution >= 0.6 is 0 Å². The van der Waals surface area contributed by atoms with Crippen LogP contribution in [0.15, 0.2) is 18.3 Å². The van der Waals surface area contributed by atoms with E-state index < -0.39 is 0 Å². The molecule has 0 radical (unpaired) electrons. The molecule has 0 spiro atoms. The van der Waals surface area contributed by atoms with Gasteiger partial charge in [-0.2, -0.15) is 0 Å². The largest absolute Gasteiger partial charge is 0.377 e. The molecule has 3 heteroatoms. The Bertz CT molecular complexity index is 290. The molecule has 1 saturated heterocycles. The van der Waals surface area contributed by atoms with E-state index >= 15 is 0 Å². The van der Waals surface area contributed by atoms with Crippen molar-refractivity contribution in [1.82, 2.24) is 9.88 Å². The van der Waals surface area contributed by atoms with Crippen molar-refractivity contribution in [2.24, 2.45) is 0 Å². The second-order valence-corrected chi connectivity index (χ2v) is 4.05. The number of hydrogen-bond acceptors (Lipinski definition) is 2. The van der Waals surface area contributed by atoms with Crippen molar-refractivity contribution in [3.05, 3.63) is 24.0 Å². The van der Waals surface area contributed by atoms with Crippen molar-refractivity contribution in [1.29, 1.82) is 0 Å². The normalized spacial score (nSPS) is 21.0. The van der Waals surface area contributed by atoms with Crippen LogP contribution in [0.4, 0.5) is 0 Å². The molecule has 1 aromatic rings. The van der Waals surface area contributed by atoms with E-state index in [2.05, 4.69) is 35.1 Å². The second kappa shape index (κ2) is 5.33. The van der Waals surface area contributed by atoms with Crippen molar-refractivity contribution < 1.29 is 4.74 Å². The van der Waals surface area contributed by atoms with Crippen LogP contribution in [0.5, 0.6) is 0 Å². The zero-order valence-electron chi connectivity index (χ0n) is 9.41. The van der Waals surface area contributed by atoms with Crippen molar-refractivity contribution in [3.63, 3.8) is 0 Å². The molecule has 0 amide bonds. The Balaban J connectivity index is 1.73. The molecule has 1 aliphatic heterocycles. The smallest absolute Gasteiger partial charge is 0.0700 e. The number of nitrogens with zero attached hydrogens (tertiary/aromatic N) is 1. The topological polar surface area (TPSA) is 26.2 Å². The van der Waals surface area contributed by atoms with E-state index in [9.17, 15) is 0 Å². The molecule has 2 heterocycles. The molecule has 15 heavy (non-hydrogen) atoms. The molecule has 1 atom stereocenters. The van der Waals surface area contributed by atoms with Gasteiger partial charge in [-0.05, 0) is 31.9 Å². The highest BCUT2D eigenvalue weighted by atomic mass is 16.5. The highest BCUT2D eigenvalue weighted by Crippen LogP contribution is 2.10. The predicted molar refractivity (Wildman–Crippen MR) is 60.8 cm³/mol.